The van der Waals surface area contributed by atoms with E-state index in [0.29, 0.717) is 21.9 Å². The predicted octanol–water partition coefficient (Wildman–Crippen LogP) is 6.42. The first-order valence-corrected chi connectivity index (χ1v) is 13.0. The maximum atomic E-state index is 12.2. The molecular weight excluding hydrogens is 478 g/mol. The summed E-state index contributed by atoms with van der Waals surface area (Å²) < 4.78 is 2.36. The molecule has 1 amide bonds. The third-order valence-electron chi connectivity index (χ3n) is 6.94. The van der Waals surface area contributed by atoms with Crippen molar-refractivity contribution in [2.24, 2.45) is 5.92 Å². The molecule has 2 aliphatic rings. The smallest absolute Gasteiger partial charge is 0.226 e. The summed E-state index contributed by atoms with van der Waals surface area (Å²) >= 11 is 12.5. The summed E-state index contributed by atoms with van der Waals surface area (Å²) in [6.07, 6.45) is 11.3. The molecule has 2 aromatic heterocycles. The van der Waals surface area contributed by atoms with E-state index < -0.39 is 0 Å². The molecular formula is C27H30ClN5OS. The first kappa shape index (κ1) is 23.8. The van der Waals surface area contributed by atoms with Crippen molar-refractivity contribution in [3.63, 3.8) is 0 Å². The molecule has 1 aliphatic heterocycles. The minimum Gasteiger partial charge on any atom is -0.351 e. The molecule has 1 saturated heterocycles. The van der Waals surface area contributed by atoms with Crippen LogP contribution in [0.15, 0.2) is 61.1 Å². The number of halogens is 1. The summed E-state index contributed by atoms with van der Waals surface area (Å²) in [6, 6.07) is 14.2. The van der Waals surface area contributed by atoms with Gasteiger partial charge in [0.15, 0.2) is 5.11 Å². The fourth-order valence-electron chi connectivity index (χ4n) is 5.04. The normalized spacial score (nSPS) is 20.5. The van der Waals surface area contributed by atoms with Crippen LogP contribution >= 0.6 is 23.8 Å². The Morgan fingerprint density at radius 3 is 2.69 bits per heavy atom. The number of hydrogen-bond acceptors (Lipinski definition) is 3. The van der Waals surface area contributed by atoms with Crippen molar-refractivity contribution in [3.8, 4) is 0 Å². The van der Waals surface area contributed by atoms with Crippen molar-refractivity contribution in [1.29, 1.82) is 0 Å². The summed E-state index contributed by atoms with van der Waals surface area (Å²) in [5.74, 6) is -0.201. The molecule has 2 unspecified atom stereocenters. The number of thiocarbonyl (C=S) groups is 1. The van der Waals surface area contributed by atoms with Crippen molar-refractivity contribution >= 4 is 46.2 Å². The Hall–Kier alpha value is -2.90. The van der Waals surface area contributed by atoms with Crippen LogP contribution in [0.5, 0.6) is 0 Å². The van der Waals surface area contributed by atoms with Gasteiger partial charge in [-0.15, -0.1) is 0 Å². The number of carbonyl (C=O) groups is 1. The van der Waals surface area contributed by atoms with E-state index in [1.807, 2.05) is 56.4 Å². The molecule has 2 atom stereocenters. The summed E-state index contributed by atoms with van der Waals surface area (Å²) in [6.45, 7) is 3.71. The highest BCUT2D eigenvalue weighted by atomic mass is 35.5. The number of nitrogens with zero attached hydrogens (tertiary/aromatic N) is 3. The molecule has 0 spiro atoms. The monoisotopic (exact) mass is 507 g/mol. The Morgan fingerprint density at radius 1 is 1.20 bits per heavy atom. The average molecular weight is 508 g/mol. The number of aromatic nitrogens is 2. The van der Waals surface area contributed by atoms with Crippen LogP contribution in [-0.4, -0.2) is 20.6 Å². The van der Waals surface area contributed by atoms with Crippen LogP contribution in [0.1, 0.15) is 68.9 Å². The number of nitrogens with one attached hydrogen (secondary N) is 2. The van der Waals surface area contributed by atoms with E-state index >= 15 is 0 Å². The highest BCUT2D eigenvalue weighted by Gasteiger charge is 2.41. The summed E-state index contributed by atoms with van der Waals surface area (Å²) in [5, 5.41) is 7.49. The molecule has 182 valence electrons. The Kier molecular flexibility index (Phi) is 6.80. The Morgan fingerprint density at radius 2 is 2.00 bits per heavy atom. The molecule has 3 aromatic rings. The molecule has 8 heteroatoms. The van der Waals surface area contributed by atoms with Gasteiger partial charge in [0, 0.05) is 36.2 Å². The molecule has 3 heterocycles. The lowest BCUT2D eigenvalue weighted by molar-refractivity contribution is -0.118. The van der Waals surface area contributed by atoms with Crippen LogP contribution in [0.25, 0.3) is 0 Å². The van der Waals surface area contributed by atoms with Crippen molar-refractivity contribution in [3.05, 3.63) is 77.3 Å². The van der Waals surface area contributed by atoms with Gasteiger partial charge in [-0.3, -0.25) is 9.78 Å². The molecule has 6 nitrogen and oxygen atoms in total. The molecule has 2 fully saturated rings. The van der Waals surface area contributed by atoms with Gasteiger partial charge in [-0.25, -0.2) is 0 Å². The zero-order valence-corrected chi connectivity index (χ0v) is 21.5. The van der Waals surface area contributed by atoms with Gasteiger partial charge in [-0.05, 0) is 67.0 Å². The van der Waals surface area contributed by atoms with Gasteiger partial charge < -0.3 is 20.1 Å². The fourth-order valence-corrected chi connectivity index (χ4v) is 5.61. The third-order valence-corrected chi connectivity index (χ3v) is 7.56. The maximum absolute atomic E-state index is 12.2. The number of amides is 1. The zero-order chi connectivity index (χ0) is 24.5. The van der Waals surface area contributed by atoms with E-state index in [4.69, 9.17) is 23.8 Å². The van der Waals surface area contributed by atoms with Gasteiger partial charge in [-0.2, -0.15) is 0 Å². The largest absolute Gasteiger partial charge is 0.351 e. The van der Waals surface area contributed by atoms with Crippen LogP contribution in [0.3, 0.4) is 0 Å². The van der Waals surface area contributed by atoms with E-state index in [1.54, 1.807) is 0 Å². The number of pyridine rings is 1. The topological polar surface area (TPSA) is 62.2 Å². The second-order valence-electron chi connectivity index (χ2n) is 9.64. The lowest BCUT2D eigenvalue weighted by atomic mass is 9.98. The highest BCUT2D eigenvalue weighted by Crippen LogP contribution is 2.43. The number of anilines is 2. The fraction of sp³-hybridized carbons (Fsp3) is 0.370. The molecule has 1 aliphatic carbocycles. The maximum Gasteiger partial charge on any atom is 0.226 e. The molecule has 35 heavy (non-hydrogen) atoms. The van der Waals surface area contributed by atoms with Gasteiger partial charge in [-0.1, -0.05) is 44.4 Å². The summed E-state index contributed by atoms with van der Waals surface area (Å²) in [4.78, 5) is 18.9. The second-order valence-corrected chi connectivity index (χ2v) is 10.4. The zero-order valence-electron chi connectivity index (χ0n) is 19.9. The van der Waals surface area contributed by atoms with Gasteiger partial charge in [0.1, 0.15) is 0 Å². The van der Waals surface area contributed by atoms with Gasteiger partial charge in [0.05, 0.1) is 28.5 Å². The van der Waals surface area contributed by atoms with Crippen molar-refractivity contribution < 1.29 is 4.79 Å². The van der Waals surface area contributed by atoms with Gasteiger partial charge in [0.2, 0.25) is 5.91 Å². The number of benzene rings is 1. The molecule has 1 aromatic carbocycles. The van der Waals surface area contributed by atoms with E-state index in [9.17, 15) is 4.79 Å². The first-order chi connectivity index (χ1) is 16.9. The van der Waals surface area contributed by atoms with Crippen molar-refractivity contribution in [2.45, 2.75) is 57.7 Å². The van der Waals surface area contributed by atoms with Crippen LogP contribution in [0, 0.1) is 5.92 Å². The van der Waals surface area contributed by atoms with Crippen LogP contribution in [0.4, 0.5) is 11.4 Å². The van der Waals surface area contributed by atoms with E-state index in [0.717, 1.165) is 11.4 Å². The molecule has 0 radical (unpaired) electrons. The number of hydrogen-bond donors (Lipinski definition) is 2. The lowest BCUT2D eigenvalue weighted by Crippen LogP contribution is -2.29. The van der Waals surface area contributed by atoms with Gasteiger partial charge >= 0.3 is 0 Å². The molecule has 2 N–H and O–H groups in total. The first-order valence-electron chi connectivity index (χ1n) is 12.2. The number of rotatable bonds is 6. The Bertz CT molecular complexity index is 1220. The molecule has 0 bridgehead atoms. The van der Waals surface area contributed by atoms with E-state index in [2.05, 4.69) is 43.5 Å². The predicted molar refractivity (Wildman–Crippen MR) is 145 cm³/mol. The SMILES string of the molecule is CC(C)C(=O)Nc1ccc(N2C(=S)NC(c3ccccn3)C2c2ccn(C3CCCC3)c2)cc1Cl. The quantitative estimate of drug-likeness (QED) is 0.377. The lowest BCUT2D eigenvalue weighted by Gasteiger charge is -2.28. The van der Waals surface area contributed by atoms with Crippen molar-refractivity contribution in [1.82, 2.24) is 14.9 Å². The Balaban J connectivity index is 1.52. The van der Waals surface area contributed by atoms with Crippen LogP contribution in [0.2, 0.25) is 5.02 Å². The number of carbonyl (C=O) groups excluding carboxylic acids is 1. The molecule has 1 saturated carbocycles. The average Bonchev–Trinajstić information content (AvgIpc) is 3.60. The minimum absolute atomic E-state index is 0.0700. The van der Waals surface area contributed by atoms with E-state index in [1.165, 1.54) is 31.2 Å². The second kappa shape index (κ2) is 9.99. The summed E-state index contributed by atoms with van der Waals surface area (Å²) in [7, 11) is 0. The van der Waals surface area contributed by atoms with E-state index in [-0.39, 0.29) is 23.9 Å². The van der Waals surface area contributed by atoms with Crippen LogP contribution in [-0.2, 0) is 4.79 Å². The highest BCUT2D eigenvalue weighted by molar-refractivity contribution is 7.80. The Labute approximate surface area is 216 Å². The standard InChI is InChI=1S/C27H30ClN5OS/c1-17(2)26(34)30-22-11-10-20(15-21(22)28)33-25(18-12-14-32(16-18)19-7-3-4-8-19)24(31-27(33)35)23-9-5-6-13-29-23/h5-6,9-17,19,24-25H,3-4,7-8H2,1-2H3,(H,30,34)(H,31,35). The van der Waals surface area contributed by atoms with Crippen molar-refractivity contribution in [2.75, 3.05) is 10.2 Å². The van der Waals surface area contributed by atoms with Gasteiger partial charge in [0.25, 0.3) is 0 Å². The minimum atomic E-state index is -0.131. The third kappa shape index (κ3) is 4.80. The summed E-state index contributed by atoms with van der Waals surface area (Å²) in [5.41, 5.74) is 3.57. The van der Waals surface area contributed by atoms with Crippen LogP contribution < -0.4 is 15.5 Å². The molecule has 5 rings (SSSR count).